The number of aliphatic hydroxyl groups excluding tert-OH is 1. The highest BCUT2D eigenvalue weighted by molar-refractivity contribution is 6.06. The molecule has 0 unspecified atom stereocenters. The second kappa shape index (κ2) is 11.7. The van der Waals surface area contributed by atoms with Gasteiger partial charge in [0.2, 0.25) is 12.0 Å². The van der Waals surface area contributed by atoms with Gasteiger partial charge in [0.1, 0.15) is 17.2 Å². The highest BCUT2D eigenvalue weighted by Crippen LogP contribution is 2.37. The number of anilines is 1. The second-order valence-corrected chi connectivity index (χ2v) is 9.16. The largest absolute Gasteiger partial charge is 0.497 e. The number of fused-ring (bicyclic) bond motifs is 1. The maximum atomic E-state index is 13.2. The molecule has 3 aromatic carbocycles. The van der Waals surface area contributed by atoms with Gasteiger partial charge >= 0.3 is 5.63 Å². The summed E-state index contributed by atoms with van der Waals surface area (Å²) in [4.78, 5) is 26.1. The van der Waals surface area contributed by atoms with Crippen LogP contribution in [0.5, 0.6) is 23.0 Å². The third-order valence-corrected chi connectivity index (χ3v) is 6.59. The van der Waals surface area contributed by atoms with E-state index in [1.54, 1.807) is 44.6 Å². The first kappa shape index (κ1) is 27.0. The number of benzene rings is 3. The van der Waals surface area contributed by atoms with Gasteiger partial charge in [-0.15, -0.1) is 0 Å². The smallest absolute Gasteiger partial charge is 0.360 e. The normalized spacial score (nSPS) is 16.8. The Labute approximate surface area is 230 Å². The third kappa shape index (κ3) is 5.58. The molecular weight excluding hydrogens is 518 g/mol. The lowest BCUT2D eigenvalue weighted by Crippen LogP contribution is -2.33. The molecule has 0 radical (unpaired) electrons. The average molecular weight is 548 g/mol. The minimum atomic E-state index is -0.762. The molecule has 1 aromatic heterocycles. The van der Waals surface area contributed by atoms with Gasteiger partial charge in [-0.1, -0.05) is 12.1 Å². The van der Waals surface area contributed by atoms with Gasteiger partial charge < -0.3 is 38.5 Å². The standard InChI is InChI=1S/C30H29NO9/c1-35-21-6-4-5-17(13-21)22-14-19(8-9-24(22)36-2)29(33)31-23-15-18-7-10-25(28(37-3)27(18)40-30(23)34)39-26-16-20(32)11-12-38-26/h4-10,13-15,20,26,32H,11-12,16H2,1-3H3,(H,31,33)/t20-,26-/m1/s1. The van der Waals surface area contributed by atoms with E-state index in [9.17, 15) is 14.7 Å². The minimum Gasteiger partial charge on any atom is -0.497 e. The first-order valence-corrected chi connectivity index (χ1v) is 12.6. The van der Waals surface area contributed by atoms with Crippen LogP contribution in [0, 0.1) is 0 Å². The first-order valence-electron chi connectivity index (χ1n) is 12.6. The summed E-state index contributed by atoms with van der Waals surface area (Å²) < 4.78 is 33.3. The molecule has 2 atom stereocenters. The van der Waals surface area contributed by atoms with Crippen molar-refractivity contribution in [2.75, 3.05) is 33.3 Å². The van der Waals surface area contributed by atoms with Gasteiger partial charge in [0.05, 0.1) is 34.0 Å². The maximum absolute atomic E-state index is 13.2. The summed E-state index contributed by atoms with van der Waals surface area (Å²) in [6.07, 6.45) is -0.337. The van der Waals surface area contributed by atoms with E-state index in [2.05, 4.69) is 5.32 Å². The fraction of sp³-hybridized carbons (Fsp3) is 0.267. The predicted molar refractivity (Wildman–Crippen MR) is 148 cm³/mol. The second-order valence-electron chi connectivity index (χ2n) is 9.16. The Kier molecular flexibility index (Phi) is 7.90. The van der Waals surface area contributed by atoms with Crippen LogP contribution in [0.2, 0.25) is 0 Å². The monoisotopic (exact) mass is 547 g/mol. The van der Waals surface area contributed by atoms with Crippen molar-refractivity contribution in [3.05, 3.63) is 76.6 Å². The third-order valence-electron chi connectivity index (χ3n) is 6.59. The van der Waals surface area contributed by atoms with Gasteiger partial charge in [-0.25, -0.2) is 4.79 Å². The fourth-order valence-corrected chi connectivity index (χ4v) is 4.54. The topological polar surface area (TPSA) is 126 Å². The summed E-state index contributed by atoms with van der Waals surface area (Å²) in [6, 6.07) is 17.2. The zero-order valence-electron chi connectivity index (χ0n) is 22.3. The molecule has 1 fully saturated rings. The molecule has 0 aliphatic carbocycles. The van der Waals surface area contributed by atoms with Crippen molar-refractivity contribution in [2.45, 2.75) is 25.2 Å². The molecular formula is C30H29NO9. The Hall–Kier alpha value is -4.54. The molecule has 1 amide bonds. The van der Waals surface area contributed by atoms with Gasteiger partial charge in [0, 0.05) is 22.9 Å². The maximum Gasteiger partial charge on any atom is 0.360 e. The van der Waals surface area contributed by atoms with Gasteiger partial charge in [-0.2, -0.15) is 0 Å². The van der Waals surface area contributed by atoms with E-state index in [0.717, 1.165) is 5.56 Å². The molecule has 0 saturated carbocycles. The van der Waals surface area contributed by atoms with E-state index < -0.39 is 23.9 Å². The van der Waals surface area contributed by atoms with Crippen molar-refractivity contribution < 1.29 is 38.0 Å². The highest BCUT2D eigenvalue weighted by Gasteiger charge is 2.25. The molecule has 5 rings (SSSR count). The summed E-state index contributed by atoms with van der Waals surface area (Å²) >= 11 is 0. The van der Waals surface area contributed by atoms with Crippen molar-refractivity contribution in [2.24, 2.45) is 0 Å². The molecule has 1 saturated heterocycles. The molecule has 0 spiro atoms. The van der Waals surface area contributed by atoms with Crippen LogP contribution < -0.4 is 29.9 Å². The molecule has 208 valence electrons. The van der Waals surface area contributed by atoms with E-state index in [1.165, 1.54) is 13.2 Å². The fourth-order valence-electron chi connectivity index (χ4n) is 4.54. The van der Waals surface area contributed by atoms with Crippen LogP contribution >= 0.6 is 0 Å². The minimum absolute atomic E-state index is 0.0364. The van der Waals surface area contributed by atoms with Crippen LogP contribution in [0.1, 0.15) is 23.2 Å². The summed E-state index contributed by atoms with van der Waals surface area (Å²) in [5.41, 5.74) is 1.16. The summed E-state index contributed by atoms with van der Waals surface area (Å²) in [6.45, 7) is 0.370. The van der Waals surface area contributed by atoms with Crippen LogP contribution in [0.15, 0.2) is 69.9 Å². The number of ether oxygens (including phenoxy) is 5. The molecule has 40 heavy (non-hydrogen) atoms. The number of hydrogen-bond acceptors (Lipinski definition) is 9. The summed E-state index contributed by atoms with van der Waals surface area (Å²) in [5, 5.41) is 13.1. The van der Waals surface area contributed by atoms with Gasteiger partial charge in [0.25, 0.3) is 5.91 Å². The van der Waals surface area contributed by atoms with Crippen LogP contribution in [-0.4, -0.2) is 51.3 Å². The zero-order valence-corrected chi connectivity index (χ0v) is 22.3. The predicted octanol–water partition coefficient (Wildman–Crippen LogP) is 4.61. The number of nitrogens with one attached hydrogen (secondary N) is 1. The van der Waals surface area contributed by atoms with Crippen LogP contribution in [0.3, 0.4) is 0 Å². The Balaban J connectivity index is 1.42. The lowest BCUT2D eigenvalue weighted by Gasteiger charge is -2.27. The number of rotatable bonds is 8. The van der Waals surface area contributed by atoms with Crippen molar-refractivity contribution in [1.29, 1.82) is 0 Å². The number of carbonyl (C=O) groups is 1. The van der Waals surface area contributed by atoms with E-state index in [-0.39, 0.29) is 17.0 Å². The van der Waals surface area contributed by atoms with E-state index in [4.69, 9.17) is 28.1 Å². The molecule has 2 N–H and O–H groups in total. The van der Waals surface area contributed by atoms with Crippen molar-refractivity contribution in [3.8, 4) is 34.1 Å². The Morgan fingerprint density at radius 2 is 1.80 bits per heavy atom. The quantitative estimate of drug-likeness (QED) is 0.304. The number of methoxy groups -OCH3 is 3. The van der Waals surface area contributed by atoms with E-state index >= 15 is 0 Å². The number of hydrogen-bond donors (Lipinski definition) is 2. The molecule has 2 heterocycles. The zero-order chi connectivity index (χ0) is 28.2. The lowest BCUT2D eigenvalue weighted by molar-refractivity contribution is -0.137. The summed E-state index contributed by atoms with van der Waals surface area (Å²) in [7, 11) is 4.56. The van der Waals surface area contributed by atoms with Gasteiger partial charge in [-0.05, 0) is 60.5 Å². The lowest BCUT2D eigenvalue weighted by atomic mass is 10.0. The molecule has 10 nitrogen and oxygen atoms in total. The average Bonchev–Trinajstić information content (AvgIpc) is 2.97. The molecule has 4 aromatic rings. The SMILES string of the molecule is COc1cccc(-c2cc(C(=O)Nc3cc4ccc(O[C@@H]5C[C@H](O)CCO5)c(OC)c4oc3=O)ccc2OC)c1. The molecule has 1 aliphatic heterocycles. The molecule has 0 bridgehead atoms. The number of aliphatic hydroxyl groups is 1. The van der Waals surface area contributed by atoms with Crippen LogP contribution in [0.4, 0.5) is 5.69 Å². The van der Waals surface area contributed by atoms with Crippen molar-refractivity contribution in [1.82, 2.24) is 0 Å². The van der Waals surface area contributed by atoms with Crippen molar-refractivity contribution >= 4 is 22.6 Å². The molecule has 1 aliphatic rings. The number of amides is 1. The Morgan fingerprint density at radius 3 is 2.55 bits per heavy atom. The van der Waals surface area contributed by atoms with Crippen LogP contribution in [-0.2, 0) is 4.74 Å². The van der Waals surface area contributed by atoms with E-state index in [0.29, 0.717) is 53.2 Å². The Morgan fingerprint density at radius 1 is 0.975 bits per heavy atom. The highest BCUT2D eigenvalue weighted by atomic mass is 16.7. The van der Waals surface area contributed by atoms with Crippen LogP contribution in [0.25, 0.3) is 22.1 Å². The van der Waals surface area contributed by atoms with Gasteiger partial charge in [-0.3, -0.25) is 4.79 Å². The van der Waals surface area contributed by atoms with Crippen molar-refractivity contribution in [3.63, 3.8) is 0 Å². The first-order chi connectivity index (χ1) is 19.4. The van der Waals surface area contributed by atoms with Gasteiger partial charge in [0.15, 0.2) is 11.3 Å². The Bertz CT molecular complexity index is 1600. The van der Waals surface area contributed by atoms with E-state index in [1.807, 2.05) is 24.3 Å². The number of carbonyl (C=O) groups excluding carboxylic acids is 1. The molecule has 10 heteroatoms. The summed E-state index contributed by atoms with van der Waals surface area (Å²) in [5.74, 6) is 1.24.